The van der Waals surface area contributed by atoms with E-state index in [2.05, 4.69) is 27.7 Å². The summed E-state index contributed by atoms with van der Waals surface area (Å²) < 4.78 is 0. The molecule has 0 aromatic rings. The minimum absolute atomic E-state index is 0.440. The lowest BCUT2D eigenvalue weighted by molar-refractivity contribution is 0.165. The molecule has 0 heterocycles. The second kappa shape index (κ2) is 5.89. The summed E-state index contributed by atoms with van der Waals surface area (Å²) in [5.41, 5.74) is 6.40. The topological polar surface area (TPSA) is 26.0 Å². The van der Waals surface area contributed by atoms with Gasteiger partial charge in [-0.1, -0.05) is 34.1 Å². The van der Waals surface area contributed by atoms with Crippen LogP contribution in [0.4, 0.5) is 0 Å². The Kier molecular flexibility index (Phi) is 5.11. The van der Waals surface area contributed by atoms with Crippen molar-refractivity contribution < 1.29 is 0 Å². The predicted molar refractivity (Wildman–Crippen MR) is 67.7 cm³/mol. The highest BCUT2D eigenvalue weighted by Gasteiger charge is 2.30. The first-order valence-electron chi connectivity index (χ1n) is 6.80. The van der Waals surface area contributed by atoms with E-state index >= 15 is 0 Å². The van der Waals surface area contributed by atoms with E-state index in [1.165, 1.54) is 32.1 Å². The van der Waals surface area contributed by atoms with E-state index in [-0.39, 0.29) is 0 Å². The van der Waals surface area contributed by atoms with Crippen molar-refractivity contribution in [3.8, 4) is 0 Å². The summed E-state index contributed by atoms with van der Waals surface area (Å²) in [5, 5.41) is 0. The first-order valence-corrected chi connectivity index (χ1v) is 6.80. The van der Waals surface area contributed by atoms with Gasteiger partial charge in [0.05, 0.1) is 0 Å². The molecule has 0 amide bonds. The maximum atomic E-state index is 6.40. The Morgan fingerprint density at radius 3 is 2.13 bits per heavy atom. The zero-order valence-corrected chi connectivity index (χ0v) is 11.0. The lowest BCUT2D eigenvalue weighted by Gasteiger charge is -2.37. The summed E-state index contributed by atoms with van der Waals surface area (Å²) in [6, 6.07) is 0.440. The molecule has 0 spiro atoms. The molecule has 4 unspecified atom stereocenters. The van der Waals surface area contributed by atoms with Crippen LogP contribution in [-0.4, -0.2) is 6.04 Å². The number of hydrogen-bond donors (Lipinski definition) is 1. The zero-order chi connectivity index (χ0) is 11.4. The molecule has 1 rings (SSSR count). The van der Waals surface area contributed by atoms with Gasteiger partial charge in [-0.2, -0.15) is 0 Å². The van der Waals surface area contributed by atoms with Crippen LogP contribution < -0.4 is 5.73 Å². The maximum absolute atomic E-state index is 6.40. The first-order chi connectivity index (χ1) is 7.04. The Morgan fingerprint density at radius 1 is 1.13 bits per heavy atom. The summed E-state index contributed by atoms with van der Waals surface area (Å²) in [4.78, 5) is 0. The van der Waals surface area contributed by atoms with Gasteiger partial charge in [0.25, 0.3) is 0 Å². The van der Waals surface area contributed by atoms with Crippen molar-refractivity contribution in [3.05, 3.63) is 0 Å². The SMILES string of the molecule is CCCC(C)C(N)C1CC(C)CC(C)C1. The lowest BCUT2D eigenvalue weighted by Crippen LogP contribution is -2.40. The highest BCUT2D eigenvalue weighted by atomic mass is 14.7. The fourth-order valence-corrected chi connectivity index (χ4v) is 3.44. The molecule has 0 aromatic heterocycles. The van der Waals surface area contributed by atoms with Crippen molar-refractivity contribution in [3.63, 3.8) is 0 Å². The quantitative estimate of drug-likeness (QED) is 0.751. The van der Waals surface area contributed by atoms with E-state index in [1.54, 1.807) is 0 Å². The number of nitrogens with two attached hydrogens (primary N) is 1. The van der Waals surface area contributed by atoms with Gasteiger partial charge in [0, 0.05) is 6.04 Å². The zero-order valence-electron chi connectivity index (χ0n) is 11.0. The lowest BCUT2D eigenvalue weighted by atomic mass is 9.71. The molecule has 1 aliphatic carbocycles. The Labute approximate surface area is 95.8 Å². The third-order valence-electron chi connectivity index (χ3n) is 4.16. The van der Waals surface area contributed by atoms with Crippen molar-refractivity contribution in [1.82, 2.24) is 0 Å². The maximum Gasteiger partial charge on any atom is 0.00931 e. The van der Waals surface area contributed by atoms with Gasteiger partial charge in [0.15, 0.2) is 0 Å². The predicted octanol–water partition coefficient (Wildman–Crippen LogP) is 3.82. The highest BCUT2D eigenvalue weighted by Crippen LogP contribution is 2.36. The van der Waals surface area contributed by atoms with Crippen molar-refractivity contribution >= 4 is 0 Å². The van der Waals surface area contributed by atoms with E-state index < -0.39 is 0 Å². The summed E-state index contributed by atoms with van der Waals surface area (Å²) in [6.45, 7) is 9.37. The monoisotopic (exact) mass is 211 g/mol. The van der Waals surface area contributed by atoms with Crippen LogP contribution >= 0.6 is 0 Å². The minimum Gasteiger partial charge on any atom is -0.327 e. The first kappa shape index (κ1) is 13.0. The van der Waals surface area contributed by atoms with Gasteiger partial charge >= 0.3 is 0 Å². The molecule has 0 saturated heterocycles. The average Bonchev–Trinajstić information content (AvgIpc) is 2.15. The Hall–Kier alpha value is -0.0400. The Balaban J connectivity index is 2.47. The van der Waals surface area contributed by atoms with Gasteiger partial charge in [-0.05, 0) is 49.4 Å². The number of hydrogen-bond acceptors (Lipinski definition) is 1. The molecule has 0 aliphatic heterocycles. The smallest absolute Gasteiger partial charge is 0.00931 e. The molecule has 0 radical (unpaired) electrons. The van der Waals surface area contributed by atoms with Crippen LogP contribution in [0.25, 0.3) is 0 Å². The fraction of sp³-hybridized carbons (Fsp3) is 1.00. The van der Waals surface area contributed by atoms with Gasteiger partial charge in [-0.3, -0.25) is 0 Å². The molecule has 1 heteroatoms. The summed E-state index contributed by atoms with van der Waals surface area (Å²) in [7, 11) is 0. The van der Waals surface area contributed by atoms with Crippen LogP contribution in [0.5, 0.6) is 0 Å². The van der Waals surface area contributed by atoms with Gasteiger partial charge in [-0.25, -0.2) is 0 Å². The van der Waals surface area contributed by atoms with Crippen LogP contribution in [0.1, 0.15) is 59.8 Å². The Bertz CT molecular complexity index is 168. The molecule has 0 bridgehead atoms. The average molecular weight is 211 g/mol. The van der Waals surface area contributed by atoms with Crippen LogP contribution in [0.2, 0.25) is 0 Å². The largest absolute Gasteiger partial charge is 0.327 e. The van der Waals surface area contributed by atoms with Crippen LogP contribution in [0.15, 0.2) is 0 Å². The van der Waals surface area contributed by atoms with E-state index in [0.29, 0.717) is 12.0 Å². The van der Waals surface area contributed by atoms with Gasteiger partial charge in [0.2, 0.25) is 0 Å². The molecule has 90 valence electrons. The molecule has 1 nitrogen and oxygen atoms in total. The molecule has 1 saturated carbocycles. The third-order valence-corrected chi connectivity index (χ3v) is 4.16. The molecule has 0 aromatic carbocycles. The van der Waals surface area contributed by atoms with Crippen LogP contribution in [0, 0.1) is 23.7 Å². The normalized spacial score (nSPS) is 36.2. The summed E-state index contributed by atoms with van der Waals surface area (Å²) in [6.07, 6.45) is 6.69. The second-order valence-electron chi connectivity index (χ2n) is 6.02. The summed E-state index contributed by atoms with van der Waals surface area (Å²) in [5.74, 6) is 3.26. The van der Waals surface area contributed by atoms with E-state index in [1.807, 2.05) is 0 Å². The molecule has 1 aliphatic rings. The van der Waals surface area contributed by atoms with Crippen LogP contribution in [-0.2, 0) is 0 Å². The summed E-state index contributed by atoms with van der Waals surface area (Å²) >= 11 is 0. The fourth-order valence-electron chi connectivity index (χ4n) is 3.44. The minimum atomic E-state index is 0.440. The van der Waals surface area contributed by atoms with Gasteiger partial charge in [0.1, 0.15) is 0 Å². The van der Waals surface area contributed by atoms with Gasteiger partial charge < -0.3 is 5.73 Å². The van der Waals surface area contributed by atoms with E-state index in [0.717, 1.165) is 17.8 Å². The molecular formula is C14H29N. The molecule has 1 fully saturated rings. The van der Waals surface area contributed by atoms with Crippen molar-refractivity contribution in [1.29, 1.82) is 0 Å². The van der Waals surface area contributed by atoms with Crippen molar-refractivity contribution in [2.24, 2.45) is 29.4 Å². The standard InChI is InChI=1S/C14H29N/c1-5-6-12(4)14(15)13-8-10(2)7-11(3)9-13/h10-14H,5-9,15H2,1-4H3. The molecule has 2 N–H and O–H groups in total. The van der Waals surface area contributed by atoms with Crippen LogP contribution in [0.3, 0.4) is 0 Å². The highest BCUT2D eigenvalue weighted by molar-refractivity contribution is 4.84. The molecule has 15 heavy (non-hydrogen) atoms. The van der Waals surface area contributed by atoms with E-state index in [4.69, 9.17) is 5.73 Å². The molecular weight excluding hydrogens is 182 g/mol. The Morgan fingerprint density at radius 2 is 1.67 bits per heavy atom. The van der Waals surface area contributed by atoms with E-state index in [9.17, 15) is 0 Å². The molecule has 4 atom stereocenters. The number of rotatable bonds is 4. The third kappa shape index (κ3) is 3.79. The van der Waals surface area contributed by atoms with Crippen molar-refractivity contribution in [2.45, 2.75) is 65.8 Å². The van der Waals surface area contributed by atoms with Gasteiger partial charge in [-0.15, -0.1) is 0 Å². The van der Waals surface area contributed by atoms with Crippen molar-refractivity contribution in [2.75, 3.05) is 0 Å². The second-order valence-corrected chi connectivity index (χ2v) is 6.02.